The van der Waals surface area contributed by atoms with Gasteiger partial charge < -0.3 is 0 Å². The molecule has 0 amide bonds. The van der Waals surface area contributed by atoms with Gasteiger partial charge in [-0.05, 0) is 88.3 Å². The first-order valence-corrected chi connectivity index (χ1v) is 17.3. The van der Waals surface area contributed by atoms with Gasteiger partial charge in [0.1, 0.15) is 0 Å². The molecule has 0 radical (unpaired) electrons. The van der Waals surface area contributed by atoms with E-state index in [2.05, 4.69) is 206 Å². The fourth-order valence-corrected chi connectivity index (χ4v) is 7.74. The van der Waals surface area contributed by atoms with Gasteiger partial charge >= 0.3 is 0 Å². The van der Waals surface area contributed by atoms with E-state index in [0.29, 0.717) is 0 Å². The van der Waals surface area contributed by atoms with Gasteiger partial charge in [-0.15, -0.1) is 0 Å². The Morgan fingerprint density at radius 2 is 0.540 bits per heavy atom. The average molecular weight is 635 g/mol. The van der Waals surface area contributed by atoms with Gasteiger partial charge in [-0.2, -0.15) is 0 Å². The minimum atomic E-state index is 1.20. The lowest BCUT2D eigenvalue weighted by Crippen LogP contribution is -1.99. The predicted molar refractivity (Wildman–Crippen MR) is 214 cm³/mol. The highest BCUT2D eigenvalue weighted by molar-refractivity contribution is 6.29. The zero-order chi connectivity index (χ0) is 33.3. The van der Waals surface area contributed by atoms with Crippen molar-refractivity contribution in [3.05, 3.63) is 206 Å². The van der Waals surface area contributed by atoms with E-state index in [4.69, 9.17) is 0 Å². The molecule has 0 aliphatic heterocycles. The van der Waals surface area contributed by atoms with Crippen LogP contribution in [0.3, 0.4) is 0 Å². The fraction of sp³-hybridized carbons (Fsp3) is 0. The van der Waals surface area contributed by atoms with E-state index in [9.17, 15) is 0 Å². The first kappa shape index (κ1) is 29.6. The second kappa shape index (κ2) is 12.8. The predicted octanol–water partition coefficient (Wildman–Crippen LogP) is 14.0. The molecule has 9 aromatic rings. The summed E-state index contributed by atoms with van der Waals surface area (Å²) in [6.07, 6.45) is 0. The molecular formula is C50H34. The molecule has 0 spiro atoms. The van der Waals surface area contributed by atoms with Crippen LogP contribution in [-0.4, -0.2) is 0 Å². The molecule has 0 N–H and O–H groups in total. The molecule has 0 aromatic heterocycles. The third-order valence-electron chi connectivity index (χ3n) is 9.85. The van der Waals surface area contributed by atoms with Crippen molar-refractivity contribution in [2.75, 3.05) is 0 Å². The van der Waals surface area contributed by atoms with E-state index in [1.54, 1.807) is 0 Å². The molecule has 0 nitrogen and oxygen atoms in total. The summed E-state index contributed by atoms with van der Waals surface area (Å²) in [5.74, 6) is 0. The Hall–Kier alpha value is -6.50. The van der Waals surface area contributed by atoms with Gasteiger partial charge in [0.2, 0.25) is 0 Å². The first-order valence-electron chi connectivity index (χ1n) is 17.3. The fourth-order valence-electron chi connectivity index (χ4n) is 7.74. The topological polar surface area (TPSA) is 0 Å². The van der Waals surface area contributed by atoms with Crippen molar-refractivity contribution in [2.45, 2.75) is 0 Å². The van der Waals surface area contributed by atoms with Crippen molar-refractivity contribution in [2.24, 2.45) is 0 Å². The van der Waals surface area contributed by atoms with Crippen LogP contribution in [0.2, 0.25) is 0 Å². The van der Waals surface area contributed by atoms with Gasteiger partial charge in [-0.1, -0.05) is 206 Å². The van der Waals surface area contributed by atoms with E-state index >= 15 is 0 Å². The van der Waals surface area contributed by atoms with Crippen LogP contribution in [0.5, 0.6) is 0 Å². The molecule has 0 aliphatic rings. The van der Waals surface area contributed by atoms with Crippen molar-refractivity contribution in [3.8, 4) is 66.8 Å². The van der Waals surface area contributed by atoms with Crippen LogP contribution < -0.4 is 0 Å². The standard InChI is InChI=1S/C50H34/c1-7-19-35(20-8-1)42-33-31-41-32-34-43-45(37-23-11-3-12-24-37)46(38-25-13-4-14-26-38)48(39-27-15-5-16-28-39)49(40-29-17-6-18-30-40)50(43)47(41)44(42)36-21-9-2-10-22-36/h1-34H. The van der Waals surface area contributed by atoms with E-state index in [0.717, 1.165) is 0 Å². The lowest BCUT2D eigenvalue weighted by molar-refractivity contribution is 1.57. The highest BCUT2D eigenvalue weighted by Gasteiger charge is 2.26. The molecule has 0 unspecified atom stereocenters. The maximum atomic E-state index is 2.37. The second-order valence-corrected chi connectivity index (χ2v) is 12.8. The summed E-state index contributed by atoms with van der Waals surface area (Å²) in [5.41, 5.74) is 14.7. The molecule has 0 saturated heterocycles. The Labute approximate surface area is 293 Å². The molecule has 0 bridgehead atoms. The van der Waals surface area contributed by atoms with E-state index < -0.39 is 0 Å². The highest BCUT2D eigenvalue weighted by Crippen LogP contribution is 2.54. The zero-order valence-electron chi connectivity index (χ0n) is 27.6. The third-order valence-corrected chi connectivity index (χ3v) is 9.85. The Bertz CT molecular complexity index is 2570. The number of hydrogen-bond acceptors (Lipinski definition) is 0. The number of hydrogen-bond donors (Lipinski definition) is 0. The lowest BCUT2D eigenvalue weighted by atomic mass is 9.76. The van der Waals surface area contributed by atoms with Gasteiger partial charge in [0, 0.05) is 0 Å². The second-order valence-electron chi connectivity index (χ2n) is 12.8. The SMILES string of the molecule is c1ccc(-c2ccc3ccc4c(-c5ccccc5)c(-c5ccccc5)c(-c5ccccc5)c(-c5ccccc5)c4c3c2-c2ccccc2)cc1. The van der Waals surface area contributed by atoms with Gasteiger partial charge in [-0.3, -0.25) is 0 Å². The van der Waals surface area contributed by atoms with Crippen molar-refractivity contribution in [1.82, 2.24) is 0 Å². The molecule has 9 aromatic carbocycles. The lowest BCUT2D eigenvalue weighted by Gasteiger charge is -2.26. The third kappa shape index (κ3) is 5.10. The number of rotatable bonds is 6. The van der Waals surface area contributed by atoms with Gasteiger partial charge in [0.05, 0.1) is 0 Å². The molecule has 0 fully saturated rings. The number of benzene rings is 9. The Kier molecular flexibility index (Phi) is 7.61. The molecule has 0 heteroatoms. The van der Waals surface area contributed by atoms with Crippen LogP contribution in [0.4, 0.5) is 0 Å². The zero-order valence-corrected chi connectivity index (χ0v) is 27.6. The Balaban J connectivity index is 1.61. The largest absolute Gasteiger partial charge is 0.0622 e. The van der Waals surface area contributed by atoms with E-state index in [-0.39, 0.29) is 0 Å². The summed E-state index contributed by atoms with van der Waals surface area (Å²) in [4.78, 5) is 0. The summed E-state index contributed by atoms with van der Waals surface area (Å²) in [6, 6.07) is 75.0. The number of fused-ring (bicyclic) bond motifs is 3. The van der Waals surface area contributed by atoms with Gasteiger partial charge in [0.25, 0.3) is 0 Å². The van der Waals surface area contributed by atoms with Crippen LogP contribution in [0, 0.1) is 0 Å². The molecular weight excluding hydrogens is 601 g/mol. The maximum Gasteiger partial charge on any atom is -0.000741 e. The quantitative estimate of drug-likeness (QED) is 0.160. The van der Waals surface area contributed by atoms with Crippen molar-refractivity contribution >= 4 is 21.5 Å². The summed E-state index contributed by atoms with van der Waals surface area (Å²) in [7, 11) is 0. The Morgan fingerprint density at radius 1 is 0.200 bits per heavy atom. The summed E-state index contributed by atoms with van der Waals surface area (Å²) in [6.45, 7) is 0. The maximum absolute atomic E-state index is 2.37. The van der Waals surface area contributed by atoms with Crippen LogP contribution in [0.1, 0.15) is 0 Å². The minimum Gasteiger partial charge on any atom is -0.0622 e. The van der Waals surface area contributed by atoms with Gasteiger partial charge in [-0.25, -0.2) is 0 Å². The summed E-state index contributed by atoms with van der Waals surface area (Å²) >= 11 is 0. The minimum absolute atomic E-state index is 1.20. The molecule has 9 rings (SSSR count). The molecule has 0 saturated carbocycles. The molecule has 50 heavy (non-hydrogen) atoms. The van der Waals surface area contributed by atoms with E-state index in [1.165, 1.54) is 88.3 Å². The summed E-state index contributed by atoms with van der Waals surface area (Å²) < 4.78 is 0. The van der Waals surface area contributed by atoms with Crippen LogP contribution >= 0.6 is 0 Å². The molecule has 0 heterocycles. The van der Waals surface area contributed by atoms with Crippen LogP contribution in [0.15, 0.2) is 206 Å². The highest BCUT2D eigenvalue weighted by atomic mass is 14.3. The Morgan fingerprint density at radius 3 is 1.00 bits per heavy atom. The smallest absolute Gasteiger partial charge is 0.000741 e. The van der Waals surface area contributed by atoms with Crippen molar-refractivity contribution in [1.29, 1.82) is 0 Å². The van der Waals surface area contributed by atoms with E-state index in [1.807, 2.05) is 0 Å². The molecule has 234 valence electrons. The van der Waals surface area contributed by atoms with Crippen molar-refractivity contribution < 1.29 is 0 Å². The normalized spacial score (nSPS) is 11.2. The van der Waals surface area contributed by atoms with Crippen LogP contribution in [-0.2, 0) is 0 Å². The molecule has 0 atom stereocenters. The monoisotopic (exact) mass is 634 g/mol. The molecule has 0 aliphatic carbocycles. The van der Waals surface area contributed by atoms with Crippen LogP contribution in [0.25, 0.3) is 88.3 Å². The summed E-state index contributed by atoms with van der Waals surface area (Å²) in [5, 5.41) is 4.99. The van der Waals surface area contributed by atoms with Crippen molar-refractivity contribution in [3.63, 3.8) is 0 Å². The van der Waals surface area contributed by atoms with Gasteiger partial charge in [0.15, 0.2) is 0 Å². The average Bonchev–Trinajstić information content (AvgIpc) is 3.21. The first-order chi connectivity index (χ1) is 24.9.